The van der Waals surface area contributed by atoms with E-state index in [4.69, 9.17) is 14.2 Å². The fourth-order valence-corrected chi connectivity index (χ4v) is 5.40. The topological polar surface area (TPSA) is 65.0 Å². The quantitative estimate of drug-likeness (QED) is 0.199. The molecule has 0 bridgehead atoms. The maximum Gasteiger partial charge on any atom is 0.303 e. The molecule has 1 N–H and O–H groups in total. The minimum atomic E-state index is -0.775. The number of unbranched alkanes of at least 4 members (excludes halogenated alkanes) is 1. The van der Waals surface area contributed by atoms with Crippen LogP contribution in [-0.2, 0) is 16.1 Å². The standard InChI is InChI=1S/C35H43FO5/c1-6-7-17-40-34(35(2,3)4)31-18-23(11-15-28(31)30-20-26(39-5)14-16-32(30)36)22-41-27-10-8-9-25(19-27)29(21-33(37)38)24-12-13-24/h8-11,14-16,18-20,24,29,34H,6-7,12-13,17,21-22H2,1-5H3,(H,37,38)/t29-,34-/m1/s1. The average Bonchev–Trinajstić information content (AvgIpc) is 3.78. The second-order valence-corrected chi connectivity index (χ2v) is 12.1. The van der Waals surface area contributed by atoms with Gasteiger partial charge in [0.05, 0.1) is 19.6 Å². The minimum absolute atomic E-state index is 0.00695. The van der Waals surface area contributed by atoms with E-state index >= 15 is 4.39 Å². The molecule has 0 unspecified atom stereocenters. The van der Waals surface area contributed by atoms with E-state index in [1.54, 1.807) is 19.2 Å². The number of rotatable bonds is 14. The predicted molar refractivity (Wildman–Crippen MR) is 160 cm³/mol. The van der Waals surface area contributed by atoms with Crippen molar-refractivity contribution in [3.05, 3.63) is 83.2 Å². The highest BCUT2D eigenvalue weighted by Gasteiger charge is 2.34. The van der Waals surface area contributed by atoms with Gasteiger partial charge in [-0.25, -0.2) is 4.39 Å². The molecule has 0 aromatic heterocycles. The Morgan fingerprint density at radius 2 is 1.80 bits per heavy atom. The van der Waals surface area contributed by atoms with Crippen LogP contribution in [0.2, 0.25) is 0 Å². The normalized spacial score (nSPS) is 14.9. The minimum Gasteiger partial charge on any atom is -0.497 e. The second kappa shape index (κ2) is 13.5. The van der Waals surface area contributed by atoms with E-state index in [1.165, 1.54) is 6.07 Å². The molecule has 1 aliphatic carbocycles. The SMILES string of the molecule is CCCCO[C@H](c1cc(COc2cccc([C@H](CC(=O)O)C3CC3)c2)ccc1-c1cc(OC)ccc1F)C(C)(C)C. The zero-order chi connectivity index (χ0) is 29.6. The Balaban J connectivity index is 1.66. The first kappa shape index (κ1) is 30.6. The highest BCUT2D eigenvalue weighted by molar-refractivity contribution is 5.71. The van der Waals surface area contributed by atoms with E-state index in [1.807, 2.05) is 36.4 Å². The largest absolute Gasteiger partial charge is 0.497 e. The lowest BCUT2D eigenvalue weighted by Gasteiger charge is -2.33. The van der Waals surface area contributed by atoms with Crippen LogP contribution >= 0.6 is 0 Å². The molecule has 4 rings (SSSR count). The third kappa shape index (κ3) is 8.10. The van der Waals surface area contributed by atoms with E-state index < -0.39 is 5.97 Å². The summed E-state index contributed by atoms with van der Waals surface area (Å²) in [6, 6.07) is 18.6. The summed E-state index contributed by atoms with van der Waals surface area (Å²) < 4.78 is 33.3. The molecular weight excluding hydrogens is 519 g/mol. The Morgan fingerprint density at radius 3 is 2.46 bits per heavy atom. The van der Waals surface area contributed by atoms with Crippen molar-refractivity contribution in [3.63, 3.8) is 0 Å². The van der Waals surface area contributed by atoms with Crippen molar-refractivity contribution in [2.75, 3.05) is 13.7 Å². The van der Waals surface area contributed by atoms with E-state index in [-0.39, 0.29) is 29.7 Å². The summed E-state index contributed by atoms with van der Waals surface area (Å²) >= 11 is 0. The Labute approximate surface area is 243 Å². The summed E-state index contributed by atoms with van der Waals surface area (Å²) in [6.07, 6.45) is 3.97. The summed E-state index contributed by atoms with van der Waals surface area (Å²) in [6.45, 7) is 9.47. The molecule has 0 saturated heterocycles. The number of hydrogen-bond donors (Lipinski definition) is 1. The molecule has 1 saturated carbocycles. The van der Waals surface area contributed by atoms with Gasteiger partial charge >= 0.3 is 5.97 Å². The molecule has 3 aromatic rings. The number of aliphatic carboxylic acids is 1. The molecule has 3 aromatic carbocycles. The van der Waals surface area contributed by atoms with Gasteiger partial charge in [-0.05, 0) is 95.2 Å². The number of hydrogen-bond acceptors (Lipinski definition) is 4. The number of ether oxygens (including phenoxy) is 3. The van der Waals surface area contributed by atoms with Gasteiger partial charge in [-0.3, -0.25) is 4.79 Å². The Bertz CT molecular complexity index is 1320. The van der Waals surface area contributed by atoms with Crippen LogP contribution < -0.4 is 9.47 Å². The second-order valence-electron chi connectivity index (χ2n) is 12.1. The number of carbonyl (C=O) groups is 1. The van der Waals surface area contributed by atoms with Crippen LogP contribution in [0.1, 0.15) is 88.5 Å². The lowest BCUT2D eigenvalue weighted by molar-refractivity contribution is -0.137. The van der Waals surface area contributed by atoms with Crippen LogP contribution in [-0.4, -0.2) is 24.8 Å². The molecule has 2 atom stereocenters. The maximum absolute atomic E-state index is 15.2. The van der Waals surface area contributed by atoms with Gasteiger partial charge in [0.25, 0.3) is 0 Å². The first-order chi connectivity index (χ1) is 19.6. The van der Waals surface area contributed by atoms with Gasteiger partial charge in [-0.15, -0.1) is 0 Å². The number of methoxy groups -OCH3 is 1. The number of halogens is 1. The first-order valence-electron chi connectivity index (χ1n) is 14.6. The average molecular weight is 563 g/mol. The number of carboxylic acids is 1. The molecule has 1 aliphatic rings. The lowest BCUT2D eigenvalue weighted by Crippen LogP contribution is -2.23. The van der Waals surface area contributed by atoms with Crippen molar-refractivity contribution in [1.82, 2.24) is 0 Å². The highest BCUT2D eigenvalue weighted by atomic mass is 19.1. The molecule has 0 heterocycles. The van der Waals surface area contributed by atoms with Crippen LogP contribution in [0.25, 0.3) is 11.1 Å². The summed E-state index contributed by atoms with van der Waals surface area (Å²) in [5, 5.41) is 9.42. The Kier molecular flexibility index (Phi) is 10.1. The first-order valence-corrected chi connectivity index (χ1v) is 14.6. The summed E-state index contributed by atoms with van der Waals surface area (Å²) in [5.41, 5.74) is 3.85. The van der Waals surface area contributed by atoms with Gasteiger partial charge in [-0.2, -0.15) is 0 Å². The van der Waals surface area contributed by atoms with Gasteiger partial charge in [-0.1, -0.05) is 58.4 Å². The van der Waals surface area contributed by atoms with Crippen molar-refractivity contribution in [3.8, 4) is 22.6 Å². The van der Waals surface area contributed by atoms with Crippen LogP contribution in [0.5, 0.6) is 11.5 Å². The molecule has 0 spiro atoms. The molecule has 0 amide bonds. The van der Waals surface area contributed by atoms with Crippen molar-refractivity contribution in [2.24, 2.45) is 11.3 Å². The van der Waals surface area contributed by atoms with E-state index in [9.17, 15) is 9.90 Å². The van der Waals surface area contributed by atoms with Crippen LogP contribution in [0.4, 0.5) is 4.39 Å². The smallest absolute Gasteiger partial charge is 0.303 e. The van der Waals surface area contributed by atoms with Gasteiger partial charge in [0.2, 0.25) is 0 Å². The molecule has 6 heteroatoms. The van der Waals surface area contributed by atoms with Crippen LogP contribution in [0.15, 0.2) is 60.7 Å². The lowest BCUT2D eigenvalue weighted by atomic mass is 9.81. The molecule has 41 heavy (non-hydrogen) atoms. The predicted octanol–water partition coefficient (Wildman–Crippen LogP) is 8.95. The van der Waals surface area contributed by atoms with E-state index in [0.29, 0.717) is 36.2 Å². The molecule has 1 fully saturated rings. The van der Waals surface area contributed by atoms with Crippen molar-refractivity contribution in [2.45, 2.75) is 78.4 Å². The summed E-state index contributed by atoms with van der Waals surface area (Å²) in [7, 11) is 1.58. The van der Waals surface area contributed by atoms with Crippen molar-refractivity contribution in [1.29, 1.82) is 0 Å². The summed E-state index contributed by atoms with van der Waals surface area (Å²) in [5.74, 6) is 0.632. The Hall–Kier alpha value is -3.38. The molecule has 220 valence electrons. The fraction of sp³-hybridized carbons (Fsp3) is 0.457. The molecule has 0 radical (unpaired) electrons. The zero-order valence-corrected chi connectivity index (χ0v) is 24.9. The van der Waals surface area contributed by atoms with E-state index in [0.717, 1.165) is 47.9 Å². The molecular formula is C35H43FO5. The van der Waals surface area contributed by atoms with Crippen molar-refractivity contribution >= 4 is 5.97 Å². The van der Waals surface area contributed by atoms with Gasteiger partial charge in [0.1, 0.15) is 23.9 Å². The molecule has 0 aliphatic heterocycles. The van der Waals surface area contributed by atoms with Crippen molar-refractivity contribution < 1.29 is 28.5 Å². The zero-order valence-electron chi connectivity index (χ0n) is 24.9. The molecule has 5 nitrogen and oxygen atoms in total. The maximum atomic E-state index is 15.2. The third-order valence-corrected chi connectivity index (χ3v) is 7.71. The number of carboxylic acid groups (broad SMARTS) is 1. The van der Waals surface area contributed by atoms with Crippen LogP contribution in [0, 0.1) is 17.2 Å². The summed E-state index contributed by atoms with van der Waals surface area (Å²) in [4.78, 5) is 11.5. The highest BCUT2D eigenvalue weighted by Crippen LogP contribution is 2.45. The van der Waals surface area contributed by atoms with E-state index in [2.05, 4.69) is 33.8 Å². The van der Waals surface area contributed by atoms with Crippen LogP contribution in [0.3, 0.4) is 0 Å². The Morgan fingerprint density at radius 1 is 1.02 bits per heavy atom. The fourth-order valence-electron chi connectivity index (χ4n) is 5.40. The monoisotopic (exact) mass is 562 g/mol. The van der Waals surface area contributed by atoms with Gasteiger partial charge in [0, 0.05) is 12.2 Å². The van der Waals surface area contributed by atoms with Gasteiger partial charge in [0.15, 0.2) is 0 Å². The third-order valence-electron chi connectivity index (χ3n) is 7.71. The number of benzene rings is 3. The van der Waals surface area contributed by atoms with Gasteiger partial charge < -0.3 is 19.3 Å².